The number of nitrogens with zero attached hydrogens (tertiary/aromatic N) is 4. The molecule has 3 aromatic rings. The summed E-state index contributed by atoms with van der Waals surface area (Å²) in [5.41, 5.74) is 7.36. The van der Waals surface area contributed by atoms with Gasteiger partial charge in [-0.15, -0.1) is 0 Å². The number of aryl methyl sites for hydroxylation is 4. The summed E-state index contributed by atoms with van der Waals surface area (Å²) >= 11 is 0. The van der Waals surface area contributed by atoms with Gasteiger partial charge in [-0.05, 0) is 50.8 Å². The van der Waals surface area contributed by atoms with Crippen molar-refractivity contribution in [2.45, 2.75) is 47.1 Å². The standard InChI is InChI=1S/C21H26N4O/c1-14-8-6-7-9-18(14)13-24(5)21(26)11-10-19-16(3)22-20-12-15(2)23-25(20)17(19)4/h6-9,12H,10-11,13H2,1-5H3. The first kappa shape index (κ1) is 18.1. The minimum Gasteiger partial charge on any atom is -0.341 e. The topological polar surface area (TPSA) is 50.5 Å². The van der Waals surface area contributed by atoms with Gasteiger partial charge in [0.25, 0.3) is 0 Å². The SMILES string of the molecule is Cc1cc2nc(C)c(CCC(=O)N(C)Cc3ccccc3C)c(C)n2n1. The second kappa shape index (κ2) is 7.28. The lowest BCUT2D eigenvalue weighted by Gasteiger charge is -2.19. The number of amides is 1. The predicted molar refractivity (Wildman–Crippen MR) is 103 cm³/mol. The van der Waals surface area contributed by atoms with Gasteiger partial charge in [-0.2, -0.15) is 5.10 Å². The van der Waals surface area contributed by atoms with Crippen molar-refractivity contribution in [2.24, 2.45) is 0 Å². The molecule has 5 heteroatoms. The van der Waals surface area contributed by atoms with Gasteiger partial charge in [-0.1, -0.05) is 24.3 Å². The molecule has 26 heavy (non-hydrogen) atoms. The average molecular weight is 350 g/mol. The number of benzene rings is 1. The maximum absolute atomic E-state index is 12.6. The van der Waals surface area contributed by atoms with Crippen LogP contribution < -0.4 is 0 Å². The van der Waals surface area contributed by atoms with Crippen LogP contribution >= 0.6 is 0 Å². The second-order valence-corrected chi connectivity index (χ2v) is 6.99. The molecule has 0 aliphatic heterocycles. The average Bonchev–Trinajstić information content (AvgIpc) is 2.97. The molecule has 0 spiro atoms. The molecule has 5 nitrogen and oxygen atoms in total. The van der Waals surface area contributed by atoms with Gasteiger partial charge in [0.2, 0.25) is 5.91 Å². The van der Waals surface area contributed by atoms with E-state index >= 15 is 0 Å². The number of rotatable bonds is 5. The molecule has 1 aromatic carbocycles. The fourth-order valence-electron chi connectivity index (χ4n) is 3.36. The van der Waals surface area contributed by atoms with Crippen LogP contribution in [0.1, 0.15) is 40.2 Å². The molecule has 3 rings (SSSR count). The highest BCUT2D eigenvalue weighted by Crippen LogP contribution is 2.18. The lowest BCUT2D eigenvalue weighted by molar-refractivity contribution is -0.130. The van der Waals surface area contributed by atoms with Gasteiger partial charge in [-0.25, -0.2) is 9.50 Å². The van der Waals surface area contributed by atoms with Crippen LogP contribution in [-0.2, 0) is 17.8 Å². The number of fused-ring (bicyclic) bond motifs is 1. The number of carbonyl (C=O) groups is 1. The van der Waals surface area contributed by atoms with Gasteiger partial charge in [0, 0.05) is 37.5 Å². The van der Waals surface area contributed by atoms with E-state index in [9.17, 15) is 4.79 Å². The summed E-state index contributed by atoms with van der Waals surface area (Å²) in [6.45, 7) is 8.73. The molecule has 0 saturated carbocycles. The molecule has 0 atom stereocenters. The largest absolute Gasteiger partial charge is 0.341 e. The van der Waals surface area contributed by atoms with E-state index in [1.54, 1.807) is 4.90 Å². The Bertz CT molecular complexity index is 958. The van der Waals surface area contributed by atoms with E-state index in [0.717, 1.165) is 28.3 Å². The molecular formula is C21H26N4O. The third-order valence-corrected chi connectivity index (χ3v) is 4.97. The molecule has 0 saturated heterocycles. The van der Waals surface area contributed by atoms with E-state index < -0.39 is 0 Å². The van der Waals surface area contributed by atoms with Gasteiger partial charge in [0.15, 0.2) is 5.65 Å². The second-order valence-electron chi connectivity index (χ2n) is 6.99. The molecule has 0 bridgehead atoms. The summed E-state index contributed by atoms with van der Waals surface area (Å²) in [4.78, 5) is 19.0. The Hall–Kier alpha value is -2.69. The Kier molecular flexibility index (Phi) is 5.07. The summed E-state index contributed by atoms with van der Waals surface area (Å²) in [5.74, 6) is 0.142. The first-order valence-corrected chi connectivity index (χ1v) is 8.97. The van der Waals surface area contributed by atoms with Gasteiger partial charge >= 0.3 is 0 Å². The summed E-state index contributed by atoms with van der Waals surface area (Å²) in [6, 6.07) is 10.2. The van der Waals surface area contributed by atoms with Crippen molar-refractivity contribution in [1.29, 1.82) is 0 Å². The highest BCUT2D eigenvalue weighted by Gasteiger charge is 2.15. The van der Waals surface area contributed by atoms with Crippen molar-refractivity contribution < 1.29 is 4.79 Å². The highest BCUT2D eigenvalue weighted by molar-refractivity contribution is 5.76. The van der Waals surface area contributed by atoms with Crippen molar-refractivity contribution in [3.05, 3.63) is 64.1 Å². The molecule has 2 heterocycles. The van der Waals surface area contributed by atoms with Crippen molar-refractivity contribution >= 4 is 11.6 Å². The molecule has 0 aliphatic rings. The smallest absolute Gasteiger partial charge is 0.222 e. The fourth-order valence-corrected chi connectivity index (χ4v) is 3.36. The lowest BCUT2D eigenvalue weighted by Crippen LogP contribution is -2.27. The molecular weight excluding hydrogens is 324 g/mol. The summed E-state index contributed by atoms with van der Waals surface area (Å²) < 4.78 is 1.87. The summed E-state index contributed by atoms with van der Waals surface area (Å²) in [6.07, 6.45) is 1.15. The first-order chi connectivity index (χ1) is 12.4. The Balaban J connectivity index is 1.71. The van der Waals surface area contributed by atoms with Crippen molar-refractivity contribution in [3.8, 4) is 0 Å². The van der Waals surface area contributed by atoms with Crippen LogP contribution in [0.5, 0.6) is 0 Å². The molecule has 0 unspecified atom stereocenters. The van der Waals surface area contributed by atoms with Gasteiger partial charge in [0.1, 0.15) is 0 Å². The number of aromatic nitrogens is 3. The van der Waals surface area contributed by atoms with Crippen LogP contribution in [0.3, 0.4) is 0 Å². The lowest BCUT2D eigenvalue weighted by atomic mass is 10.1. The maximum Gasteiger partial charge on any atom is 0.222 e. The number of hydrogen-bond donors (Lipinski definition) is 0. The van der Waals surface area contributed by atoms with E-state index in [0.29, 0.717) is 19.4 Å². The van der Waals surface area contributed by atoms with E-state index in [2.05, 4.69) is 29.1 Å². The van der Waals surface area contributed by atoms with Crippen LogP contribution in [0.4, 0.5) is 0 Å². The molecule has 0 N–H and O–H groups in total. The normalized spacial score (nSPS) is 11.1. The Morgan fingerprint density at radius 3 is 2.62 bits per heavy atom. The molecule has 136 valence electrons. The molecule has 2 aromatic heterocycles. The fraction of sp³-hybridized carbons (Fsp3) is 0.381. The predicted octanol–water partition coefficient (Wildman–Crippen LogP) is 3.55. The van der Waals surface area contributed by atoms with Crippen LogP contribution in [0.25, 0.3) is 5.65 Å². The van der Waals surface area contributed by atoms with E-state index in [1.165, 1.54) is 11.1 Å². The summed E-state index contributed by atoms with van der Waals surface area (Å²) in [5, 5.41) is 4.50. The Morgan fingerprint density at radius 1 is 1.15 bits per heavy atom. The molecule has 0 radical (unpaired) electrons. The van der Waals surface area contributed by atoms with Crippen molar-refractivity contribution in [2.75, 3.05) is 7.05 Å². The molecule has 0 aliphatic carbocycles. The summed E-state index contributed by atoms with van der Waals surface area (Å²) in [7, 11) is 1.87. The van der Waals surface area contributed by atoms with E-state index in [-0.39, 0.29) is 5.91 Å². The third-order valence-electron chi connectivity index (χ3n) is 4.97. The third kappa shape index (κ3) is 3.62. The van der Waals surface area contributed by atoms with Crippen molar-refractivity contribution in [1.82, 2.24) is 19.5 Å². The van der Waals surface area contributed by atoms with Gasteiger partial charge in [0.05, 0.1) is 5.69 Å². The van der Waals surface area contributed by atoms with Crippen LogP contribution in [0.15, 0.2) is 30.3 Å². The Labute approximate surface area is 154 Å². The van der Waals surface area contributed by atoms with Crippen LogP contribution in [0.2, 0.25) is 0 Å². The van der Waals surface area contributed by atoms with E-state index in [4.69, 9.17) is 0 Å². The molecule has 1 amide bonds. The van der Waals surface area contributed by atoms with Crippen LogP contribution in [0, 0.1) is 27.7 Å². The quantitative estimate of drug-likeness (QED) is 0.707. The molecule has 0 fully saturated rings. The number of carbonyl (C=O) groups excluding carboxylic acids is 1. The maximum atomic E-state index is 12.6. The Morgan fingerprint density at radius 2 is 1.88 bits per heavy atom. The number of hydrogen-bond acceptors (Lipinski definition) is 3. The minimum absolute atomic E-state index is 0.142. The minimum atomic E-state index is 0.142. The monoisotopic (exact) mass is 350 g/mol. The zero-order chi connectivity index (χ0) is 18.8. The van der Waals surface area contributed by atoms with Crippen LogP contribution in [-0.4, -0.2) is 32.5 Å². The zero-order valence-electron chi connectivity index (χ0n) is 16.2. The van der Waals surface area contributed by atoms with E-state index in [1.807, 2.05) is 50.5 Å². The van der Waals surface area contributed by atoms with Gasteiger partial charge < -0.3 is 4.90 Å². The highest BCUT2D eigenvalue weighted by atomic mass is 16.2. The van der Waals surface area contributed by atoms with Crippen molar-refractivity contribution in [3.63, 3.8) is 0 Å². The van der Waals surface area contributed by atoms with Gasteiger partial charge in [-0.3, -0.25) is 4.79 Å². The zero-order valence-corrected chi connectivity index (χ0v) is 16.2. The first-order valence-electron chi connectivity index (χ1n) is 8.97.